The number of aromatic nitrogens is 2. The van der Waals surface area contributed by atoms with Crippen molar-refractivity contribution in [1.29, 1.82) is 0 Å². The van der Waals surface area contributed by atoms with Gasteiger partial charge < -0.3 is 9.88 Å². The number of rotatable bonds is 5. The Bertz CT molecular complexity index is 876. The zero-order chi connectivity index (χ0) is 16.5. The summed E-state index contributed by atoms with van der Waals surface area (Å²) >= 11 is 0. The lowest BCUT2D eigenvalue weighted by molar-refractivity contribution is -0.120. The first-order chi connectivity index (χ1) is 11.7. The van der Waals surface area contributed by atoms with Gasteiger partial charge >= 0.3 is 0 Å². The largest absolute Gasteiger partial charge is 0.349 e. The standard InChI is InChI=1S/C20H21N3O/c1-14-6-8-15(9-7-14)12-20(24)21-13-19-22-17-4-2-3-5-18(17)23(19)16-10-11-16/h2-9,16H,10-13H2,1H3,(H,21,24). The summed E-state index contributed by atoms with van der Waals surface area (Å²) in [6.45, 7) is 2.53. The molecular formula is C20H21N3O. The quantitative estimate of drug-likeness (QED) is 0.782. The Kier molecular flexibility index (Phi) is 3.81. The third kappa shape index (κ3) is 3.04. The molecule has 1 fully saturated rings. The maximum absolute atomic E-state index is 12.2. The molecule has 2 aromatic carbocycles. The summed E-state index contributed by atoms with van der Waals surface area (Å²) in [6, 6.07) is 16.8. The molecule has 122 valence electrons. The van der Waals surface area contributed by atoms with Crippen LogP contribution >= 0.6 is 0 Å². The van der Waals surface area contributed by atoms with Crippen molar-refractivity contribution < 1.29 is 4.79 Å². The third-order valence-electron chi connectivity index (χ3n) is 4.51. The van der Waals surface area contributed by atoms with Gasteiger partial charge in [-0.3, -0.25) is 4.79 Å². The molecule has 1 aliphatic rings. The number of aryl methyl sites for hydroxylation is 1. The number of amides is 1. The van der Waals surface area contributed by atoms with E-state index in [0.29, 0.717) is 19.0 Å². The van der Waals surface area contributed by atoms with Gasteiger partial charge in [0.1, 0.15) is 5.82 Å². The molecule has 4 rings (SSSR count). The minimum atomic E-state index is 0.0354. The van der Waals surface area contributed by atoms with Gasteiger partial charge in [0.2, 0.25) is 5.91 Å². The molecule has 1 saturated carbocycles. The summed E-state index contributed by atoms with van der Waals surface area (Å²) in [5.74, 6) is 0.990. The molecular weight excluding hydrogens is 298 g/mol. The van der Waals surface area contributed by atoms with Crippen molar-refractivity contribution in [3.8, 4) is 0 Å². The van der Waals surface area contributed by atoms with Gasteiger partial charge in [-0.1, -0.05) is 42.0 Å². The van der Waals surface area contributed by atoms with Gasteiger partial charge in [-0.25, -0.2) is 4.98 Å². The van der Waals surface area contributed by atoms with Crippen LogP contribution in [0.25, 0.3) is 11.0 Å². The van der Waals surface area contributed by atoms with Crippen LogP contribution < -0.4 is 5.32 Å². The molecule has 0 spiro atoms. The zero-order valence-electron chi connectivity index (χ0n) is 13.8. The number of fused-ring (bicyclic) bond motifs is 1. The predicted octanol–water partition coefficient (Wildman–Crippen LogP) is 3.54. The van der Waals surface area contributed by atoms with E-state index in [2.05, 4.69) is 16.0 Å². The second-order valence-electron chi connectivity index (χ2n) is 6.56. The number of carbonyl (C=O) groups excluding carboxylic acids is 1. The highest BCUT2D eigenvalue weighted by atomic mass is 16.1. The van der Waals surface area contributed by atoms with E-state index in [9.17, 15) is 4.79 Å². The van der Waals surface area contributed by atoms with E-state index in [4.69, 9.17) is 4.98 Å². The van der Waals surface area contributed by atoms with E-state index in [1.54, 1.807) is 0 Å². The number of hydrogen-bond acceptors (Lipinski definition) is 2. The second-order valence-corrected chi connectivity index (χ2v) is 6.56. The summed E-state index contributed by atoms with van der Waals surface area (Å²) < 4.78 is 2.29. The average Bonchev–Trinajstić information content (AvgIpc) is 3.35. The van der Waals surface area contributed by atoms with Crippen LogP contribution in [0.4, 0.5) is 0 Å². The van der Waals surface area contributed by atoms with Crippen molar-refractivity contribution in [3.63, 3.8) is 0 Å². The fraction of sp³-hybridized carbons (Fsp3) is 0.300. The van der Waals surface area contributed by atoms with E-state index < -0.39 is 0 Å². The van der Waals surface area contributed by atoms with Crippen LogP contribution in [-0.2, 0) is 17.8 Å². The lowest BCUT2D eigenvalue weighted by Gasteiger charge is -2.09. The highest BCUT2D eigenvalue weighted by Crippen LogP contribution is 2.38. The number of para-hydroxylation sites is 2. The summed E-state index contributed by atoms with van der Waals surface area (Å²) in [7, 11) is 0. The first kappa shape index (κ1) is 14.9. The molecule has 0 aliphatic heterocycles. The van der Waals surface area contributed by atoms with E-state index in [1.165, 1.54) is 23.9 Å². The molecule has 1 aromatic heterocycles. The van der Waals surface area contributed by atoms with Gasteiger partial charge in [-0.2, -0.15) is 0 Å². The van der Waals surface area contributed by atoms with Crippen molar-refractivity contribution in [1.82, 2.24) is 14.9 Å². The molecule has 4 nitrogen and oxygen atoms in total. The molecule has 0 bridgehead atoms. The SMILES string of the molecule is Cc1ccc(CC(=O)NCc2nc3ccccc3n2C2CC2)cc1. The molecule has 1 N–H and O–H groups in total. The maximum Gasteiger partial charge on any atom is 0.224 e. The molecule has 24 heavy (non-hydrogen) atoms. The molecule has 0 radical (unpaired) electrons. The van der Waals surface area contributed by atoms with Gasteiger partial charge in [0, 0.05) is 6.04 Å². The lowest BCUT2D eigenvalue weighted by Crippen LogP contribution is -2.26. The van der Waals surface area contributed by atoms with E-state index in [0.717, 1.165) is 16.9 Å². The minimum Gasteiger partial charge on any atom is -0.349 e. The fourth-order valence-corrected chi connectivity index (χ4v) is 3.09. The van der Waals surface area contributed by atoms with E-state index in [1.807, 2.05) is 49.4 Å². The molecule has 4 heteroatoms. The van der Waals surface area contributed by atoms with Crippen molar-refractivity contribution in [2.75, 3.05) is 0 Å². The van der Waals surface area contributed by atoms with E-state index in [-0.39, 0.29) is 5.91 Å². The lowest BCUT2D eigenvalue weighted by atomic mass is 10.1. The van der Waals surface area contributed by atoms with Gasteiger partial charge in [-0.05, 0) is 37.5 Å². The number of carbonyl (C=O) groups is 1. The first-order valence-corrected chi connectivity index (χ1v) is 8.49. The average molecular weight is 319 g/mol. The smallest absolute Gasteiger partial charge is 0.224 e. The van der Waals surface area contributed by atoms with Crippen LogP contribution in [0, 0.1) is 6.92 Å². The highest BCUT2D eigenvalue weighted by molar-refractivity contribution is 5.79. The van der Waals surface area contributed by atoms with E-state index >= 15 is 0 Å². The third-order valence-corrected chi connectivity index (χ3v) is 4.51. The summed E-state index contributed by atoms with van der Waals surface area (Å²) in [5.41, 5.74) is 4.42. The normalized spacial score (nSPS) is 14.0. The van der Waals surface area contributed by atoms with Crippen LogP contribution in [-0.4, -0.2) is 15.5 Å². The Morgan fingerprint density at radius 3 is 2.67 bits per heavy atom. The number of imidazole rings is 1. The Morgan fingerprint density at radius 1 is 1.17 bits per heavy atom. The molecule has 0 atom stereocenters. The Morgan fingerprint density at radius 2 is 1.92 bits per heavy atom. The summed E-state index contributed by atoms with van der Waals surface area (Å²) in [4.78, 5) is 16.9. The number of nitrogens with zero attached hydrogens (tertiary/aromatic N) is 2. The zero-order valence-corrected chi connectivity index (χ0v) is 13.8. The number of nitrogens with one attached hydrogen (secondary N) is 1. The second kappa shape index (κ2) is 6.11. The molecule has 1 amide bonds. The van der Waals surface area contributed by atoms with Crippen LogP contribution in [0.15, 0.2) is 48.5 Å². The van der Waals surface area contributed by atoms with Gasteiger partial charge in [0.05, 0.1) is 24.0 Å². The maximum atomic E-state index is 12.2. The topological polar surface area (TPSA) is 46.9 Å². The Hall–Kier alpha value is -2.62. The number of hydrogen-bond donors (Lipinski definition) is 1. The van der Waals surface area contributed by atoms with Gasteiger partial charge in [0.25, 0.3) is 0 Å². The van der Waals surface area contributed by atoms with Crippen LogP contribution in [0.5, 0.6) is 0 Å². The molecule has 0 unspecified atom stereocenters. The predicted molar refractivity (Wildman–Crippen MR) is 94.7 cm³/mol. The first-order valence-electron chi connectivity index (χ1n) is 8.49. The van der Waals surface area contributed by atoms with Gasteiger partial charge in [-0.15, -0.1) is 0 Å². The fourth-order valence-electron chi connectivity index (χ4n) is 3.09. The Balaban J connectivity index is 1.47. The van der Waals surface area contributed by atoms with Crippen LogP contribution in [0.1, 0.15) is 35.8 Å². The van der Waals surface area contributed by atoms with Crippen molar-refractivity contribution in [2.45, 2.75) is 38.8 Å². The monoisotopic (exact) mass is 319 g/mol. The number of benzene rings is 2. The van der Waals surface area contributed by atoms with Crippen LogP contribution in [0.3, 0.4) is 0 Å². The summed E-state index contributed by atoms with van der Waals surface area (Å²) in [5, 5.41) is 3.02. The van der Waals surface area contributed by atoms with Crippen LogP contribution in [0.2, 0.25) is 0 Å². The molecule has 1 aliphatic carbocycles. The summed E-state index contributed by atoms with van der Waals surface area (Å²) in [6.07, 6.45) is 2.80. The van der Waals surface area contributed by atoms with Gasteiger partial charge in [0.15, 0.2) is 0 Å². The molecule has 0 saturated heterocycles. The van der Waals surface area contributed by atoms with Crippen molar-refractivity contribution in [3.05, 3.63) is 65.5 Å². The highest BCUT2D eigenvalue weighted by Gasteiger charge is 2.28. The van der Waals surface area contributed by atoms with Crippen molar-refractivity contribution >= 4 is 16.9 Å². The minimum absolute atomic E-state index is 0.0354. The molecule has 1 heterocycles. The van der Waals surface area contributed by atoms with Crippen molar-refractivity contribution in [2.24, 2.45) is 0 Å². The molecule has 3 aromatic rings. The Labute approximate surface area is 141 Å².